The van der Waals surface area contributed by atoms with E-state index in [1.807, 2.05) is 55.1 Å². The van der Waals surface area contributed by atoms with Crippen molar-refractivity contribution in [1.82, 2.24) is 50.3 Å². The quantitative estimate of drug-likeness (QED) is 0.0643. The standard InChI is InChI=1S/C61H75FN12O5/c1-6-40-8-7-9-43-25-46(75)26-48(55(40)43)57-56(62)58-49(29-63-57)59(74-32-44-14-15-45(33-74)66-44)68-61(67-58)78-23-22-71-20-17-38(18-21-71)24-39-30-73(31-39)54-28-53(79-69-54)50(36(2)3)35-72-34-47(76)27-52(72)60(77)65-37(4)41-10-12-42(13-11-41)51-16-19-64-70(51)5/h7-13,16,19,25-26,28-29,36-39,44-45,47,50,52,66,75-76H,6,14-15,17-18,20-24,27,30-35H2,1-5H3,(H,65,77)/t37-,44?,45?,47+,50-,52-/m0/s1. The molecule has 9 heterocycles. The van der Waals surface area contributed by atoms with E-state index in [1.165, 1.54) is 6.42 Å². The van der Waals surface area contributed by atoms with Gasteiger partial charge in [0.15, 0.2) is 11.6 Å². The van der Waals surface area contributed by atoms with Crippen molar-refractivity contribution in [3.05, 3.63) is 102 Å². The van der Waals surface area contributed by atoms with Gasteiger partial charge in [0.1, 0.15) is 35.1 Å². The van der Waals surface area contributed by atoms with Crippen LogP contribution in [0.2, 0.25) is 0 Å². The Bertz CT molecular complexity index is 3290. The number of anilines is 2. The molecule has 5 aliphatic heterocycles. The fourth-order valence-electron chi connectivity index (χ4n) is 13.4. The van der Waals surface area contributed by atoms with Gasteiger partial charge in [0.25, 0.3) is 0 Å². The highest BCUT2D eigenvalue weighted by atomic mass is 19.1. The molecular weight excluding hydrogens is 1000 g/mol. The Labute approximate surface area is 461 Å². The van der Waals surface area contributed by atoms with Crippen LogP contribution in [-0.4, -0.2) is 146 Å². The first-order valence-electron chi connectivity index (χ1n) is 28.8. The van der Waals surface area contributed by atoms with Crippen LogP contribution < -0.4 is 25.2 Å². The Morgan fingerprint density at radius 1 is 0.937 bits per heavy atom. The molecule has 5 fully saturated rings. The number of β-amino-alcohol motifs (C(OH)–C–C–N with tert-alkyl or cyclic N) is 1. The highest BCUT2D eigenvalue weighted by molar-refractivity contribution is 6.01. The number of ether oxygens (including phenoxy) is 1. The number of nitrogens with zero attached hydrogens (tertiary/aromatic N) is 10. The molecule has 0 spiro atoms. The summed E-state index contributed by atoms with van der Waals surface area (Å²) in [4.78, 5) is 37.4. The zero-order valence-electron chi connectivity index (χ0n) is 46.2. The first-order valence-corrected chi connectivity index (χ1v) is 28.8. The molecule has 0 aliphatic carbocycles. The molecule has 7 aromatic rings. The number of pyridine rings is 1. The van der Waals surface area contributed by atoms with Gasteiger partial charge in [0.2, 0.25) is 5.91 Å². The summed E-state index contributed by atoms with van der Waals surface area (Å²) in [5, 5.41) is 39.6. The van der Waals surface area contributed by atoms with Crippen LogP contribution in [0, 0.1) is 23.6 Å². The number of aromatic hydroxyl groups is 1. The Hall–Kier alpha value is -6.73. The molecule has 3 aromatic carbocycles. The van der Waals surface area contributed by atoms with E-state index in [1.54, 1.807) is 24.5 Å². The van der Waals surface area contributed by atoms with Crippen LogP contribution in [0.1, 0.15) is 95.1 Å². The zero-order chi connectivity index (χ0) is 54.5. The number of piperazine rings is 1. The molecule has 1 amide bonds. The molecule has 6 atom stereocenters. The van der Waals surface area contributed by atoms with Crippen LogP contribution in [0.4, 0.5) is 16.0 Å². The van der Waals surface area contributed by atoms with Gasteiger partial charge < -0.3 is 39.9 Å². The first-order chi connectivity index (χ1) is 38.3. The largest absolute Gasteiger partial charge is 0.508 e. The maximum Gasteiger partial charge on any atom is 0.319 e. The van der Waals surface area contributed by atoms with Crippen molar-refractivity contribution in [2.45, 2.75) is 109 Å². The van der Waals surface area contributed by atoms with Gasteiger partial charge in [-0.3, -0.25) is 24.3 Å². The molecule has 4 aromatic heterocycles. The molecule has 4 N–H and O–H groups in total. The number of fused-ring (bicyclic) bond motifs is 4. The number of carbonyl (C=O) groups is 1. The molecular formula is C61H75FN12O5. The van der Waals surface area contributed by atoms with Crippen LogP contribution in [0.25, 0.3) is 44.2 Å². The number of halogens is 1. The number of likely N-dealkylation sites (tertiary alicyclic amines) is 2. The molecule has 0 radical (unpaired) electrons. The second kappa shape index (κ2) is 22.4. The van der Waals surface area contributed by atoms with Gasteiger partial charge in [-0.25, -0.2) is 4.39 Å². The highest BCUT2D eigenvalue weighted by Crippen LogP contribution is 2.40. The molecule has 12 rings (SSSR count). The van der Waals surface area contributed by atoms with E-state index in [4.69, 9.17) is 24.2 Å². The Morgan fingerprint density at radius 3 is 2.46 bits per heavy atom. The lowest BCUT2D eigenvalue weighted by Crippen LogP contribution is -2.51. The number of nitrogens with one attached hydrogen (secondary N) is 2. The minimum Gasteiger partial charge on any atom is -0.508 e. The van der Waals surface area contributed by atoms with E-state index >= 15 is 4.39 Å². The minimum absolute atomic E-state index is 0.00214. The van der Waals surface area contributed by atoms with Crippen LogP contribution >= 0.6 is 0 Å². The van der Waals surface area contributed by atoms with Crippen molar-refractivity contribution in [2.24, 2.45) is 24.8 Å². The third-order valence-corrected chi connectivity index (χ3v) is 17.8. The Morgan fingerprint density at radius 2 is 1.72 bits per heavy atom. The predicted molar refractivity (Wildman–Crippen MR) is 304 cm³/mol. The number of amides is 1. The van der Waals surface area contributed by atoms with Gasteiger partial charge >= 0.3 is 6.01 Å². The third-order valence-electron chi connectivity index (χ3n) is 17.8. The number of aryl methyl sites for hydroxylation is 2. The van der Waals surface area contributed by atoms with E-state index < -0.39 is 18.0 Å². The fourth-order valence-corrected chi connectivity index (χ4v) is 13.4. The smallest absolute Gasteiger partial charge is 0.319 e. The van der Waals surface area contributed by atoms with Gasteiger partial charge in [-0.1, -0.05) is 68.4 Å². The van der Waals surface area contributed by atoms with Crippen molar-refractivity contribution >= 4 is 39.2 Å². The number of hydrogen-bond acceptors (Lipinski definition) is 15. The number of hydrogen-bond donors (Lipinski definition) is 4. The maximum atomic E-state index is 17.1. The summed E-state index contributed by atoms with van der Waals surface area (Å²) in [7, 11) is 1.92. The van der Waals surface area contributed by atoms with Gasteiger partial charge in [-0.15, -0.1) is 0 Å². The van der Waals surface area contributed by atoms with Crippen LogP contribution in [0.15, 0.2) is 83.6 Å². The minimum atomic E-state index is -0.582. The van der Waals surface area contributed by atoms with E-state index in [-0.39, 0.29) is 46.8 Å². The predicted octanol–water partition coefficient (Wildman–Crippen LogP) is 8.25. The molecule has 2 unspecified atom stereocenters. The Balaban J connectivity index is 0.633. The summed E-state index contributed by atoms with van der Waals surface area (Å²) in [5.74, 6) is 3.20. The molecule has 2 bridgehead atoms. The maximum absolute atomic E-state index is 17.1. The van der Waals surface area contributed by atoms with Gasteiger partial charge in [0, 0.05) is 94.9 Å². The van der Waals surface area contributed by atoms with Crippen LogP contribution in [0.3, 0.4) is 0 Å². The van der Waals surface area contributed by atoms with Crippen molar-refractivity contribution in [3.8, 4) is 34.3 Å². The number of aromatic nitrogens is 6. The second-order valence-corrected chi connectivity index (χ2v) is 23.5. The normalized spacial score (nSPS) is 22.1. The number of aliphatic hydroxyl groups excluding tert-OH is 1. The number of benzene rings is 3. The highest BCUT2D eigenvalue weighted by Gasteiger charge is 2.40. The molecule has 0 saturated carbocycles. The number of phenolic OH excluding ortho intramolecular Hbond substituents is 1. The van der Waals surface area contributed by atoms with Crippen molar-refractivity contribution in [3.63, 3.8) is 0 Å². The number of carbonyl (C=O) groups excluding carboxylic acids is 1. The van der Waals surface area contributed by atoms with Crippen molar-refractivity contribution < 1.29 is 28.7 Å². The molecule has 5 saturated heterocycles. The first kappa shape index (κ1) is 52.9. The van der Waals surface area contributed by atoms with Gasteiger partial charge in [-0.05, 0) is 128 Å². The van der Waals surface area contributed by atoms with E-state index in [9.17, 15) is 15.0 Å². The van der Waals surface area contributed by atoms with E-state index in [0.29, 0.717) is 66.8 Å². The average molecular weight is 1080 g/mol. The second-order valence-electron chi connectivity index (χ2n) is 23.5. The molecule has 79 heavy (non-hydrogen) atoms. The lowest BCUT2D eigenvalue weighted by molar-refractivity contribution is -0.126. The lowest BCUT2D eigenvalue weighted by atomic mass is 9.83. The summed E-state index contributed by atoms with van der Waals surface area (Å²) >= 11 is 0. The third kappa shape index (κ3) is 11.0. The van der Waals surface area contributed by atoms with Crippen LogP contribution in [0.5, 0.6) is 11.8 Å². The summed E-state index contributed by atoms with van der Waals surface area (Å²) < 4.78 is 31.4. The van der Waals surface area contributed by atoms with Crippen molar-refractivity contribution in [1.29, 1.82) is 0 Å². The number of phenols is 1. The van der Waals surface area contributed by atoms with Crippen LogP contribution in [-0.2, 0) is 18.3 Å². The number of rotatable bonds is 18. The SMILES string of the molecule is CCc1cccc2cc(O)cc(-c3ncc4c(N5CC6CCC(C5)N6)nc(OCCN5CCC(CC6CN(c7cc([C@@H](CN8C[C@H](O)C[C@H]8C(=O)N[C@@H](C)c8ccc(-c9ccnn9C)cc8)C(C)C)on7)C6)CC5)nc4c3F)c12. The summed E-state index contributed by atoms with van der Waals surface area (Å²) in [5.41, 5.74) is 5.00. The molecule has 17 nitrogen and oxygen atoms in total. The number of aliphatic hydroxyl groups is 1. The monoisotopic (exact) mass is 1070 g/mol. The van der Waals surface area contributed by atoms with E-state index in [2.05, 4.69) is 79.5 Å². The van der Waals surface area contributed by atoms with Gasteiger partial charge in [-0.2, -0.15) is 15.1 Å². The molecule has 18 heteroatoms. The Kier molecular flexibility index (Phi) is 15.0. The topological polar surface area (TPSA) is 186 Å². The summed E-state index contributed by atoms with van der Waals surface area (Å²) in [6.45, 7) is 15.9. The number of piperidine rings is 1. The van der Waals surface area contributed by atoms with E-state index in [0.717, 1.165) is 123 Å². The lowest BCUT2D eigenvalue weighted by Gasteiger charge is -2.42. The fraction of sp³-hybridized carbons (Fsp3) is 0.508. The summed E-state index contributed by atoms with van der Waals surface area (Å²) in [6, 6.07) is 21.7. The summed E-state index contributed by atoms with van der Waals surface area (Å²) in [6.07, 6.45) is 9.64. The average Bonchev–Trinajstić information content (AvgIpc) is 4.40. The molecule has 416 valence electrons. The van der Waals surface area contributed by atoms with Crippen molar-refractivity contribution in [2.75, 3.05) is 75.3 Å². The van der Waals surface area contributed by atoms with Gasteiger partial charge in [0.05, 0.1) is 29.3 Å². The molecule has 5 aliphatic rings. The zero-order valence-corrected chi connectivity index (χ0v) is 46.2.